The molecule has 0 bridgehead atoms. The SMILES string of the molecule is N#Cc1ccc(-c2ccc3c(c2)C[C@]2(CCN4CCCC[C@@H]4C2)O3)cc1. The van der Waals surface area contributed by atoms with Crippen molar-refractivity contribution in [3.05, 3.63) is 53.6 Å². The molecule has 0 aromatic heterocycles. The molecule has 5 rings (SSSR count). The minimum atomic E-state index is 0.0180. The van der Waals surface area contributed by atoms with Crippen molar-refractivity contribution in [2.24, 2.45) is 0 Å². The predicted octanol–water partition coefficient (Wildman–Crippen LogP) is 4.55. The highest BCUT2D eigenvalue weighted by atomic mass is 16.5. The van der Waals surface area contributed by atoms with Crippen molar-refractivity contribution in [2.45, 2.75) is 50.2 Å². The molecule has 0 aliphatic carbocycles. The van der Waals surface area contributed by atoms with E-state index in [0.717, 1.165) is 24.2 Å². The second kappa shape index (κ2) is 6.14. The molecule has 0 unspecified atom stereocenters. The molecule has 2 aromatic carbocycles. The smallest absolute Gasteiger partial charge is 0.123 e. The van der Waals surface area contributed by atoms with Crippen LogP contribution in [-0.2, 0) is 6.42 Å². The van der Waals surface area contributed by atoms with Gasteiger partial charge in [-0.3, -0.25) is 0 Å². The van der Waals surface area contributed by atoms with Gasteiger partial charge < -0.3 is 9.64 Å². The first-order chi connectivity index (χ1) is 12.7. The normalized spacial score (nSPS) is 27.4. The van der Waals surface area contributed by atoms with Crippen LogP contribution < -0.4 is 4.74 Å². The number of nitrogens with zero attached hydrogens (tertiary/aromatic N) is 2. The molecule has 0 radical (unpaired) electrons. The second-order valence-corrected chi connectivity index (χ2v) is 8.11. The third kappa shape index (κ3) is 2.70. The van der Waals surface area contributed by atoms with Crippen molar-refractivity contribution in [2.75, 3.05) is 13.1 Å². The van der Waals surface area contributed by atoms with Crippen LogP contribution >= 0.6 is 0 Å². The van der Waals surface area contributed by atoms with E-state index >= 15 is 0 Å². The van der Waals surface area contributed by atoms with E-state index in [1.165, 1.54) is 49.9 Å². The number of hydrogen-bond donors (Lipinski definition) is 0. The molecule has 2 atom stereocenters. The van der Waals surface area contributed by atoms with Crippen LogP contribution in [-0.4, -0.2) is 29.6 Å². The Bertz CT molecular complexity index is 867. The van der Waals surface area contributed by atoms with Crippen molar-refractivity contribution in [1.82, 2.24) is 4.90 Å². The number of piperidine rings is 2. The summed E-state index contributed by atoms with van der Waals surface area (Å²) in [6.45, 7) is 2.46. The number of nitriles is 1. The summed E-state index contributed by atoms with van der Waals surface area (Å²) < 4.78 is 6.54. The summed E-state index contributed by atoms with van der Waals surface area (Å²) >= 11 is 0. The van der Waals surface area contributed by atoms with Crippen molar-refractivity contribution in [1.29, 1.82) is 5.26 Å². The lowest BCUT2D eigenvalue weighted by molar-refractivity contribution is -0.0249. The molecule has 3 heteroatoms. The Balaban J connectivity index is 1.39. The van der Waals surface area contributed by atoms with Crippen LogP contribution in [0.5, 0.6) is 5.75 Å². The molecule has 2 fully saturated rings. The van der Waals surface area contributed by atoms with Gasteiger partial charge >= 0.3 is 0 Å². The van der Waals surface area contributed by atoms with Crippen LogP contribution in [0, 0.1) is 11.3 Å². The molecule has 3 heterocycles. The summed E-state index contributed by atoms with van der Waals surface area (Å²) in [5.74, 6) is 1.08. The summed E-state index contributed by atoms with van der Waals surface area (Å²) in [6, 6.07) is 17.3. The Morgan fingerprint density at radius 2 is 1.88 bits per heavy atom. The molecule has 1 spiro atoms. The minimum Gasteiger partial charge on any atom is -0.487 e. The minimum absolute atomic E-state index is 0.0180. The Labute approximate surface area is 155 Å². The number of ether oxygens (including phenoxy) is 1. The Morgan fingerprint density at radius 1 is 1.04 bits per heavy atom. The van der Waals surface area contributed by atoms with Crippen LogP contribution in [0.4, 0.5) is 0 Å². The zero-order chi connectivity index (χ0) is 17.6. The van der Waals surface area contributed by atoms with E-state index in [1.807, 2.05) is 24.3 Å². The molecule has 3 aliphatic heterocycles. The van der Waals surface area contributed by atoms with Crippen LogP contribution in [0.2, 0.25) is 0 Å². The Kier molecular flexibility index (Phi) is 3.76. The summed E-state index contributed by atoms with van der Waals surface area (Å²) in [5, 5.41) is 8.98. The predicted molar refractivity (Wildman–Crippen MR) is 102 cm³/mol. The van der Waals surface area contributed by atoms with Gasteiger partial charge in [-0.2, -0.15) is 5.26 Å². The highest BCUT2D eigenvalue weighted by Gasteiger charge is 2.46. The maximum absolute atomic E-state index is 8.98. The molecule has 132 valence electrons. The van der Waals surface area contributed by atoms with Gasteiger partial charge in [-0.25, -0.2) is 0 Å². The molecule has 3 nitrogen and oxygen atoms in total. The molecule has 0 amide bonds. The molecule has 26 heavy (non-hydrogen) atoms. The maximum Gasteiger partial charge on any atom is 0.123 e. The van der Waals surface area contributed by atoms with Gasteiger partial charge in [-0.15, -0.1) is 0 Å². The lowest BCUT2D eigenvalue weighted by Crippen LogP contribution is -2.54. The van der Waals surface area contributed by atoms with Crippen molar-refractivity contribution >= 4 is 0 Å². The van der Waals surface area contributed by atoms with Crippen molar-refractivity contribution < 1.29 is 4.74 Å². The van der Waals surface area contributed by atoms with Crippen molar-refractivity contribution in [3.63, 3.8) is 0 Å². The van der Waals surface area contributed by atoms with E-state index in [9.17, 15) is 0 Å². The van der Waals surface area contributed by atoms with E-state index in [1.54, 1.807) is 0 Å². The number of fused-ring (bicyclic) bond motifs is 2. The second-order valence-electron chi connectivity index (χ2n) is 8.11. The number of rotatable bonds is 1. The van der Waals surface area contributed by atoms with Gasteiger partial charge in [0, 0.05) is 31.8 Å². The zero-order valence-corrected chi connectivity index (χ0v) is 15.1. The lowest BCUT2D eigenvalue weighted by Gasteiger charge is -2.46. The number of benzene rings is 2. The Hall–Kier alpha value is -2.31. The molecule has 2 saturated heterocycles. The van der Waals surface area contributed by atoms with E-state index in [0.29, 0.717) is 11.6 Å². The van der Waals surface area contributed by atoms with Crippen LogP contribution in [0.3, 0.4) is 0 Å². The first-order valence-electron chi connectivity index (χ1n) is 9.81. The molecule has 0 N–H and O–H groups in total. The average Bonchev–Trinajstić information content (AvgIpc) is 3.04. The van der Waals surface area contributed by atoms with E-state index in [4.69, 9.17) is 10.00 Å². The first-order valence-corrected chi connectivity index (χ1v) is 9.81. The van der Waals surface area contributed by atoms with E-state index < -0.39 is 0 Å². The van der Waals surface area contributed by atoms with Gasteiger partial charge in [0.15, 0.2) is 0 Å². The fourth-order valence-corrected chi connectivity index (χ4v) is 5.07. The zero-order valence-electron chi connectivity index (χ0n) is 15.1. The fourth-order valence-electron chi connectivity index (χ4n) is 5.07. The summed E-state index contributed by atoms with van der Waals surface area (Å²) in [7, 11) is 0. The highest BCUT2D eigenvalue weighted by Crippen LogP contribution is 2.45. The maximum atomic E-state index is 8.98. The third-order valence-corrected chi connectivity index (χ3v) is 6.46. The van der Waals surface area contributed by atoms with E-state index in [-0.39, 0.29) is 5.60 Å². The molecule has 3 aliphatic rings. The van der Waals surface area contributed by atoms with Crippen LogP contribution in [0.25, 0.3) is 11.1 Å². The first kappa shape index (κ1) is 15.9. The van der Waals surface area contributed by atoms with Crippen LogP contribution in [0.15, 0.2) is 42.5 Å². The van der Waals surface area contributed by atoms with Gasteiger partial charge in [-0.1, -0.05) is 24.6 Å². The quantitative estimate of drug-likeness (QED) is 0.761. The van der Waals surface area contributed by atoms with Gasteiger partial charge in [0.2, 0.25) is 0 Å². The summed E-state index contributed by atoms with van der Waals surface area (Å²) in [4.78, 5) is 2.68. The van der Waals surface area contributed by atoms with Gasteiger partial charge in [-0.05, 0) is 60.3 Å². The molecule has 2 aromatic rings. The fraction of sp³-hybridized carbons (Fsp3) is 0.435. The lowest BCUT2D eigenvalue weighted by atomic mass is 9.80. The highest BCUT2D eigenvalue weighted by molar-refractivity contribution is 5.67. The Morgan fingerprint density at radius 3 is 2.73 bits per heavy atom. The standard InChI is InChI=1S/C23H24N2O/c24-16-17-4-6-18(7-5-17)19-8-9-22-20(13-19)14-23(26-22)10-12-25-11-2-1-3-21(25)15-23/h4-9,13,21H,1-3,10-12,14-15H2/t21-,23+/m1/s1. The summed E-state index contributed by atoms with van der Waals surface area (Å²) in [6.07, 6.45) is 7.42. The van der Waals surface area contributed by atoms with Gasteiger partial charge in [0.05, 0.1) is 11.6 Å². The molecule has 0 saturated carbocycles. The largest absolute Gasteiger partial charge is 0.487 e. The van der Waals surface area contributed by atoms with Crippen LogP contribution in [0.1, 0.15) is 43.2 Å². The van der Waals surface area contributed by atoms with Gasteiger partial charge in [0.25, 0.3) is 0 Å². The van der Waals surface area contributed by atoms with E-state index in [2.05, 4.69) is 29.2 Å². The van der Waals surface area contributed by atoms with Gasteiger partial charge in [0.1, 0.15) is 11.4 Å². The monoisotopic (exact) mass is 344 g/mol. The van der Waals surface area contributed by atoms with Crippen molar-refractivity contribution in [3.8, 4) is 22.9 Å². The molecular formula is C23H24N2O. The summed E-state index contributed by atoms with van der Waals surface area (Å²) in [5.41, 5.74) is 4.44. The topological polar surface area (TPSA) is 36.3 Å². The molecular weight excluding hydrogens is 320 g/mol. The average molecular weight is 344 g/mol. The number of hydrogen-bond acceptors (Lipinski definition) is 3. The third-order valence-electron chi connectivity index (χ3n) is 6.46.